The highest BCUT2D eigenvalue weighted by molar-refractivity contribution is 7.42. The molecule has 2 saturated heterocycles. The molecule has 4 N–H and O–H groups in total. The lowest BCUT2D eigenvalue weighted by molar-refractivity contribution is -0.116. The van der Waals surface area contributed by atoms with Gasteiger partial charge < -0.3 is 48.0 Å². The molecule has 2 aliphatic heterocycles. The van der Waals surface area contributed by atoms with Crippen LogP contribution in [0.5, 0.6) is 23.0 Å². The summed E-state index contributed by atoms with van der Waals surface area (Å²) in [7, 11) is -3.32. The van der Waals surface area contributed by atoms with Gasteiger partial charge in [-0.3, -0.25) is 9.59 Å². The highest BCUT2D eigenvalue weighted by Crippen LogP contribution is 2.53. The lowest BCUT2D eigenvalue weighted by Gasteiger charge is -2.41. The van der Waals surface area contributed by atoms with Gasteiger partial charge in [0.25, 0.3) is 0 Å². The molecule has 12 nitrogen and oxygen atoms in total. The average Bonchev–Trinajstić information content (AvgIpc) is 3.17. The van der Waals surface area contributed by atoms with E-state index < -0.39 is 22.6 Å². The molecule has 0 unspecified atom stereocenters. The number of phenols is 2. The quantitative estimate of drug-likeness (QED) is 0.113. The van der Waals surface area contributed by atoms with Crippen LogP contribution in [-0.2, 0) is 62.2 Å². The number of carbonyl (C=O) groups is 2. The van der Waals surface area contributed by atoms with Gasteiger partial charge >= 0.3 is 17.2 Å². The van der Waals surface area contributed by atoms with Crippen LogP contribution >= 0.6 is 17.2 Å². The van der Waals surface area contributed by atoms with Gasteiger partial charge in [0.2, 0.25) is 11.8 Å². The second-order valence-electron chi connectivity index (χ2n) is 20.8. The van der Waals surface area contributed by atoms with Crippen molar-refractivity contribution in [3.8, 4) is 23.0 Å². The Morgan fingerprint density at radius 2 is 0.794 bits per heavy atom. The van der Waals surface area contributed by atoms with E-state index in [0.29, 0.717) is 49.3 Å². The molecular formula is C49H64N2O10P2. The summed E-state index contributed by atoms with van der Waals surface area (Å²) in [5, 5.41) is 28.0. The number of nitrogens with one attached hydrogen (secondary N) is 2. The van der Waals surface area contributed by atoms with E-state index in [9.17, 15) is 19.8 Å². The van der Waals surface area contributed by atoms with Gasteiger partial charge in [0.15, 0.2) is 0 Å². The van der Waals surface area contributed by atoms with Crippen LogP contribution < -0.4 is 19.7 Å². The lowest BCUT2D eigenvalue weighted by atomic mass is 9.78. The smallest absolute Gasteiger partial charge is 0.397 e. The number of rotatable bonds is 10. The third kappa shape index (κ3) is 12.5. The van der Waals surface area contributed by atoms with Gasteiger partial charge in [-0.1, -0.05) is 107 Å². The zero-order valence-corrected chi connectivity index (χ0v) is 40.5. The summed E-state index contributed by atoms with van der Waals surface area (Å²) in [4.78, 5) is 26.2. The van der Waals surface area contributed by atoms with Crippen molar-refractivity contribution >= 4 is 40.4 Å². The van der Waals surface area contributed by atoms with Crippen molar-refractivity contribution in [3.63, 3.8) is 0 Å². The number of amides is 2. The number of phenolic OH excluding ortho intramolecular Hbond substituents is 2. The van der Waals surface area contributed by atoms with Crippen LogP contribution in [0.25, 0.3) is 0 Å². The molecule has 0 aliphatic carbocycles. The normalized spacial score (nSPS) is 19.7. The Morgan fingerprint density at radius 1 is 0.524 bits per heavy atom. The zero-order chi connectivity index (χ0) is 46.1. The van der Waals surface area contributed by atoms with Crippen LogP contribution in [-0.4, -0.2) is 48.5 Å². The van der Waals surface area contributed by atoms with Crippen LogP contribution in [0.3, 0.4) is 0 Å². The molecule has 2 amide bonds. The predicted molar refractivity (Wildman–Crippen MR) is 250 cm³/mol. The summed E-state index contributed by atoms with van der Waals surface area (Å²) in [5.41, 5.74) is 4.54. The molecule has 1 spiro atoms. The molecule has 0 saturated carbocycles. The Labute approximate surface area is 375 Å². The summed E-state index contributed by atoms with van der Waals surface area (Å²) in [5.74, 6) is 1.32. The van der Waals surface area contributed by atoms with E-state index in [0.717, 1.165) is 33.4 Å². The fourth-order valence-electron chi connectivity index (χ4n) is 7.22. The molecule has 0 bridgehead atoms. The molecule has 63 heavy (non-hydrogen) atoms. The van der Waals surface area contributed by atoms with E-state index in [2.05, 4.69) is 93.7 Å². The summed E-state index contributed by atoms with van der Waals surface area (Å²) < 4.78 is 35.9. The second kappa shape index (κ2) is 18.7. The first kappa shape index (κ1) is 48.2. The molecule has 0 radical (unpaired) electrons. The van der Waals surface area contributed by atoms with Crippen molar-refractivity contribution in [3.05, 3.63) is 106 Å². The van der Waals surface area contributed by atoms with Gasteiger partial charge in [0, 0.05) is 11.4 Å². The fourth-order valence-corrected chi connectivity index (χ4v) is 9.68. The van der Waals surface area contributed by atoms with Gasteiger partial charge in [0.1, 0.15) is 23.0 Å². The highest BCUT2D eigenvalue weighted by Gasteiger charge is 2.45. The number of hydrogen-bond donors (Lipinski definition) is 4. The number of aromatic hydroxyl groups is 2. The first-order valence-electron chi connectivity index (χ1n) is 21.3. The van der Waals surface area contributed by atoms with Gasteiger partial charge in [-0.25, -0.2) is 0 Å². The van der Waals surface area contributed by atoms with Gasteiger partial charge in [-0.15, -0.1) is 0 Å². The third-order valence-corrected chi connectivity index (χ3v) is 12.9. The third-order valence-electron chi connectivity index (χ3n) is 10.8. The van der Waals surface area contributed by atoms with Crippen molar-refractivity contribution in [2.75, 3.05) is 37.1 Å². The summed E-state index contributed by atoms with van der Waals surface area (Å²) in [6, 6.07) is 21.8. The van der Waals surface area contributed by atoms with E-state index in [1.807, 2.05) is 24.3 Å². The average molecular weight is 903 g/mol. The fraction of sp³-hybridized carbons (Fsp3) is 0.469. The van der Waals surface area contributed by atoms with Crippen LogP contribution in [0.2, 0.25) is 0 Å². The number of benzene rings is 4. The summed E-state index contributed by atoms with van der Waals surface area (Å²) in [6.45, 7) is 25.9. The topological polar surface area (TPSA) is 154 Å². The molecular weight excluding hydrogens is 838 g/mol. The number of hydrogen-bond acceptors (Lipinski definition) is 10. The molecule has 2 heterocycles. The zero-order valence-electron chi connectivity index (χ0n) is 38.7. The number of carbonyl (C=O) groups excluding carboxylic acids is 2. The Hall–Kier alpha value is -4.28. The first-order chi connectivity index (χ1) is 29.3. The van der Waals surface area contributed by atoms with Crippen molar-refractivity contribution in [1.29, 1.82) is 0 Å². The van der Waals surface area contributed by atoms with Crippen LogP contribution in [0, 0.1) is 5.41 Å². The highest BCUT2D eigenvalue weighted by atomic mass is 31.2. The maximum Gasteiger partial charge on any atom is 0.397 e. The van der Waals surface area contributed by atoms with Gasteiger partial charge in [-0.05, 0) is 104 Å². The molecule has 14 heteroatoms. The SMILES string of the molecule is CC(C)(C)c1cc(CC(=O)Nc2ccc(OP3OCC4(CO3)COP(Oc3ccc(NC(=O)Cc5cc(C(C)(C)C)c(O)c(C(C)(C)C)c5)cc3)OC4)cc2)cc(C(C)(C)C)c1O. The lowest BCUT2D eigenvalue weighted by Crippen LogP contribution is -2.45. The van der Waals surface area contributed by atoms with Gasteiger partial charge in [0.05, 0.1) is 44.7 Å². The molecule has 340 valence electrons. The largest absolute Gasteiger partial charge is 0.507 e. The Bertz CT molecular complexity index is 2020. The molecule has 0 aromatic heterocycles. The molecule has 4 aromatic rings. The van der Waals surface area contributed by atoms with Crippen LogP contribution in [0.15, 0.2) is 72.8 Å². The Morgan fingerprint density at radius 3 is 1.05 bits per heavy atom. The summed E-state index contributed by atoms with van der Waals surface area (Å²) >= 11 is 0. The number of anilines is 2. The Balaban J connectivity index is 0.934. The monoisotopic (exact) mass is 902 g/mol. The van der Waals surface area contributed by atoms with E-state index in [-0.39, 0.29) is 57.8 Å². The summed E-state index contributed by atoms with van der Waals surface area (Å²) in [6.07, 6.45) is 0.328. The van der Waals surface area contributed by atoms with Crippen molar-refractivity contribution in [2.24, 2.45) is 5.41 Å². The van der Waals surface area contributed by atoms with E-state index >= 15 is 0 Å². The predicted octanol–water partition coefficient (Wildman–Crippen LogP) is 11.6. The molecule has 6 rings (SSSR count). The minimum Gasteiger partial charge on any atom is -0.507 e. The maximum atomic E-state index is 13.1. The van der Waals surface area contributed by atoms with E-state index in [1.165, 1.54) is 0 Å². The minimum atomic E-state index is -1.66. The minimum absolute atomic E-state index is 0.164. The second-order valence-corrected chi connectivity index (χ2v) is 23.1. The van der Waals surface area contributed by atoms with E-state index in [4.69, 9.17) is 27.1 Å². The van der Waals surface area contributed by atoms with Crippen molar-refractivity contribution in [1.82, 2.24) is 0 Å². The molecule has 4 aromatic carbocycles. The standard InChI is InChI=1S/C49H64N2O10P2/c1-45(2,3)37-21-31(22-38(43(37)54)46(4,5)6)25-41(52)50-33-13-17-35(18-14-33)60-62-56-27-49(28-57-62)29-58-63(59-30-49)61-36-19-15-34(16-20-36)51-42(53)26-32-23-39(47(7,8)9)44(55)40(24-32)48(10,11)12/h13-24,54-55H,25-30H2,1-12H3,(H,50,52)(H,51,53). The Kier molecular flexibility index (Phi) is 14.3. The first-order valence-corrected chi connectivity index (χ1v) is 23.5. The maximum absolute atomic E-state index is 13.1. The van der Waals surface area contributed by atoms with Crippen LogP contribution in [0.1, 0.15) is 116 Å². The van der Waals surface area contributed by atoms with E-state index in [1.54, 1.807) is 48.5 Å². The molecule has 0 atom stereocenters. The molecule has 2 aliphatic rings. The van der Waals surface area contributed by atoms with Crippen molar-refractivity contribution in [2.45, 2.75) is 118 Å². The molecule has 2 fully saturated rings. The van der Waals surface area contributed by atoms with Crippen molar-refractivity contribution < 1.29 is 46.9 Å². The van der Waals surface area contributed by atoms with Gasteiger partial charge in [-0.2, -0.15) is 0 Å². The van der Waals surface area contributed by atoms with Crippen LogP contribution in [0.4, 0.5) is 11.4 Å².